The van der Waals surface area contributed by atoms with Crippen LogP contribution < -0.4 is 0 Å². The Kier molecular flexibility index (Phi) is 4.88. The predicted octanol–water partition coefficient (Wildman–Crippen LogP) is 2.78. The monoisotopic (exact) mass is 302 g/mol. The molecule has 0 aliphatic carbocycles. The lowest BCUT2D eigenvalue weighted by molar-refractivity contribution is 0.0696. The normalized spacial score (nSPS) is 19.9. The standard InChI is InChI=1S/C17H22N2OS/c21-17(19-10-12-20-13-11-19)16(14-18-8-4-5-9-18)15-6-2-1-3-7-15/h1-3,6-7,14H,4-5,8-13H2. The molecule has 0 amide bonds. The summed E-state index contributed by atoms with van der Waals surface area (Å²) in [6, 6.07) is 10.5. The van der Waals surface area contributed by atoms with Gasteiger partial charge in [-0.25, -0.2) is 0 Å². The highest BCUT2D eigenvalue weighted by molar-refractivity contribution is 7.81. The summed E-state index contributed by atoms with van der Waals surface area (Å²) in [5, 5.41) is 0. The average molecular weight is 302 g/mol. The van der Waals surface area contributed by atoms with Gasteiger partial charge in [0.1, 0.15) is 4.99 Å². The molecule has 1 aromatic rings. The van der Waals surface area contributed by atoms with E-state index in [-0.39, 0.29) is 0 Å². The van der Waals surface area contributed by atoms with Crippen LogP contribution in [0.3, 0.4) is 0 Å². The van der Waals surface area contributed by atoms with Crippen LogP contribution in [0.2, 0.25) is 0 Å². The first-order chi connectivity index (χ1) is 10.3. The third kappa shape index (κ3) is 3.63. The van der Waals surface area contributed by atoms with Gasteiger partial charge < -0.3 is 14.5 Å². The first-order valence-corrected chi connectivity index (χ1v) is 8.14. The highest BCUT2D eigenvalue weighted by atomic mass is 32.1. The van der Waals surface area contributed by atoms with E-state index in [1.165, 1.54) is 24.0 Å². The molecule has 0 saturated carbocycles. The van der Waals surface area contributed by atoms with Gasteiger partial charge in [0.25, 0.3) is 0 Å². The molecule has 0 bridgehead atoms. The SMILES string of the molecule is S=C(C(=CN1CCCC1)c1ccccc1)N1CCOCC1. The number of hydrogen-bond donors (Lipinski definition) is 0. The van der Waals surface area contributed by atoms with Gasteiger partial charge in [0.15, 0.2) is 0 Å². The summed E-state index contributed by atoms with van der Waals surface area (Å²) in [6.07, 6.45) is 4.83. The number of morpholine rings is 1. The third-order valence-electron chi connectivity index (χ3n) is 4.07. The minimum absolute atomic E-state index is 0.770. The van der Waals surface area contributed by atoms with Crippen molar-refractivity contribution >= 4 is 22.8 Å². The van der Waals surface area contributed by atoms with Crippen LogP contribution in [-0.4, -0.2) is 54.2 Å². The van der Waals surface area contributed by atoms with Crippen molar-refractivity contribution in [1.82, 2.24) is 9.80 Å². The van der Waals surface area contributed by atoms with Crippen molar-refractivity contribution in [2.24, 2.45) is 0 Å². The number of ether oxygens (including phenoxy) is 1. The molecule has 0 unspecified atom stereocenters. The van der Waals surface area contributed by atoms with Gasteiger partial charge in [-0.2, -0.15) is 0 Å². The van der Waals surface area contributed by atoms with E-state index in [0.717, 1.165) is 44.4 Å². The molecule has 21 heavy (non-hydrogen) atoms. The molecule has 3 rings (SSSR count). The van der Waals surface area contributed by atoms with E-state index in [0.29, 0.717) is 0 Å². The minimum atomic E-state index is 0.770. The quantitative estimate of drug-likeness (QED) is 0.630. The van der Waals surface area contributed by atoms with Crippen LogP contribution in [0.1, 0.15) is 18.4 Å². The first-order valence-electron chi connectivity index (χ1n) is 7.73. The zero-order chi connectivity index (χ0) is 14.5. The smallest absolute Gasteiger partial charge is 0.111 e. The topological polar surface area (TPSA) is 15.7 Å². The van der Waals surface area contributed by atoms with Gasteiger partial charge >= 0.3 is 0 Å². The Morgan fingerprint density at radius 2 is 1.67 bits per heavy atom. The summed E-state index contributed by atoms with van der Waals surface area (Å²) in [4.78, 5) is 5.62. The zero-order valence-corrected chi connectivity index (χ0v) is 13.1. The lowest BCUT2D eigenvalue weighted by Crippen LogP contribution is -2.40. The molecule has 0 aromatic heterocycles. The second-order valence-electron chi connectivity index (χ2n) is 5.56. The second kappa shape index (κ2) is 7.05. The van der Waals surface area contributed by atoms with Gasteiger partial charge in [-0.05, 0) is 18.4 Å². The van der Waals surface area contributed by atoms with E-state index in [9.17, 15) is 0 Å². The Balaban J connectivity index is 1.86. The summed E-state index contributed by atoms with van der Waals surface area (Å²) in [7, 11) is 0. The summed E-state index contributed by atoms with van der Waals surface area (Å²) < 4.78 is 5.44. The maximum Gasteiger partial charge on any atom is 0.111 e. The largest absolute Gasteiger partial charge is 0.378 e. The molecule has 2 saturated heterocycles. The Morgan fingerprint density at radius 1 is 1.00 bits per heavy atom. The fourth-order valence-corrected chi connectivity index (χ4v) is 3.21. The summed E-state index contributed by atoms with van der Waals surface area (Å²) in [5.41, 5.74) is 2.38. The molecule has 3 nitrogen and oxygen atoms in total. The molecule has 112 valence electrons. The number of rotatable bonds is 3. The number of hydrogen-bond acceptors (Lipinski definition) is 3. The summed E-state index contributed by atoms with van der Waals surface area (Å²) in [6.45, 7) is 5.61. The number of nitrogens with zero attached hydrogens (tertiary/aromatic N) is 2. The molecule has 0 spiro atoms. The fourth-order valence-electron chi connectivity index (χ4n) is 2.86. The van der Waals surface area contributed by atoms with Crippen molar-refractivity contribution in [1.29, 1.82) is 0 Å². The van der Waals surface area contributed by atoms with Crippen LogP contribution in [0.4, 0.5) is 0 Å². The van der Waals surface area contributed by atoms with Gasteiger partial charge in [0, 0.05) is 38.0 Å². The lowest BCUT2D eigenvalue weighted by atomic mass is 10.1. The van der Waals surface area contributed by atoms with Crippen LogP contribution in [0.5, 0.6) is 0 Å². The van der Waals surface area contributed by atoms with E-state index in [1.807, 2.05) is 0 Å². The van der Waals surface area contributed by atoms with Crippen molar-refractivity contribution in [2.45, 2.75) is 12.8 Å². The Morgan fingerprint density at radius 3 is 2.33 bits per heavy atom. The van der Waals surface area contributed by atoms with Crippen LogP contribution in [0, 0.1) is 0 Å². The molecule has 1 aromatic carbocycles. The van der Waals surface area contributed by atoms with Gasteiger partial charge in [0.2, 0.25) is 0 Å². The molecule has 0 N–H and O–H groups in total. The van der Waals surface area contributed by atoms with Crippen molar-refractivity contribution < 1.29 is 4.74 Å². The molecule has 4 heteroatoms. The van der Waals surface area contributed by atoms with Gasteiger partial charge in [0.05, 0.1) is 13.2 Å². The molecular formula is C17H22N2OS. The molecule has 2 heterocycles. The van der Waals surface area contributed by atoms with Crippen molar-refractivity contribution in [3.8, 4) is 0 Å². The molecule has 0 radical (unpaired) electrons. The molecule has 2 aliphatic rings. The Bertz CT molecular complexity index is 503. The lowest BCUT2D eigenvalue weighted by Gasteiger charge is -2.31. The predicted molar refractivity (Wildman–Crippen MR) is 90.2 cm³/mol. The summed E-state index contributed by atoms with van der Waals surface area (Å²) >= 11 is 5.79. The molecule has 2 aliphatic heterocycles. The number of thiocarbonyl (C=S) groups is 1. The van der Waals surface area contributed by atoms with E-state index in [2.05, 4.69) is 46.3 Å². The van der Waals surface area contributed by atoms with Gasteiger partial charge in [-0.3, -0.25) is 0 Å². The minimum Gasteiger partial charge on any atom is -0.378 e. The van der Waals surface area contributed by atoms with Crippen LogP contribution in [0.15, 0.2) is 36.5 Å². The zero-order valence-electron chi connectivity index (χ0n) is 12.3. The molecule has 2 fully saturated rings. The van der Waals surface area contributed by atoms with E-state index in [4.69, 9.17) is 17.0 Å². The van der Waals surface area contributed by atoms with Crippen LogP contribution in [0.25, 0.3) is 5.57 Å². The van der Waals surface area contributed by atoms with E-state index in [1.54, 1.807) is 0 Å². The highest BCUT2D eigenvalue weighted by Crippen LogP contribution is 2.22. The Labute approximate surface area is 132 Å². The third-order valence-corrected chi connectivity index (χ3v) is 4.54. The second-order valence-corrected chi connectivity index (χ2v) is 5.94. The fraction of sp³-hybridized carbons (Fsp3) is 0.471. The number of benzene rings is 1. The van der Waals surface area contributed by atoms with E-state index < -0.39 is 0 Å². The van der Waals surface area contributed by atoms with Crippen LogP contribution in [-0.2, 0) is 4.74 Å². The van der Waals surface area contributed by atoms with Crippen molar-refractivity contribution in [3.05, 3.63) is 42.1 Å². The maximum atomic E-state index is 5.79. The maximum absolute atomic E-state index is 5.79. The van der Waals surface area contributed by atoms with Crippen LogP contribution >= 0.6 is 12.2 Å². The van der Waals surface area contributed by atoms with E-state index >= 15 is 0 Å². The highest BCUT2D eigenvalue weighted by Gasteiger charge is 2.19. The Hall–Kier alpha value is -1.39. The molecule has 0 atom stereocenters. The molecular weight excluding hydrogens is 280 g/mol. The number of likely N-dealkylation sites (tertiary alicyclic amines) is 1. The van der Waals surface area contributed by atoms with Gasteiger partial charge in [-0.15, -0.1) is 0 Å². The van der Waals surface area contributed by atoms with Gasteiger partial charge in [-0.1, -0.05) is 42.5 Å². The van der Waals surface area contributed by atoms with Crippen molar-refractivity contribution in [3.63, 3.8) is 0 Å². The average Bonchev–Trinajstić information content (AvgIpc) is 3.07. The summed E-state index contributed by atoms with van der Waals surface area (Å²) in [5.74, 6) is 0. The van der Waals surface area contributed by atoms with Crippen molar-refractivity contribution in [2.75, 3.05) is 39.4 Å². The first kappa shape index (κ1) is 14.5.